The van der Waals surface area contributed by atoms with Crippen molar-refractivity contribution in [1.29, 1.82) is 0 Å². The molecule has 0 aliphatic heterocycles. The maximum absolute atomic E-state index is 9.46. The summed E-state index contributed by atoms with van der Waals surface area (Å²) >= 11 is 0. The minimum Gasteiger partial charge on any atom is -0.508 e. The van der Waals surface area contributed by atoms with Crippen molar-refractivity contribution < 1.29 is 5.11 Å². The first-order chi connectivity index (χ1) is 8.08. The summed E-state index contributed by atoms with van der Waals surface area (Å²) in [5.74, 6) is 0.323. The average molecular weight is 231 g/mol. The van der Waals surface area contributed by atoms with Crippen LogP contribution in [0.25, 0.3) is 0 Å². The molecule has 1 aromatic carbocycles. The molecular formula is C13H17N3O. The van der Waals surface area contributed by atoms with Crippen LogP contribution in [0.2, 0.25) is 0 Å². The number of aryl methyl sites for hydroxylation is 2. The Kier molecular flexibility index (Phi) is 3.04. The summed E-state index contributed by atoms with van der Waals surface area (Å²) in [5.41, 5.74) is 2.98. The van der Waals surface area contributed by atoms with E-state index in [-0.39, 0.29) is 6.04 Å². The molecule has 2 aromatic rings. The molecule has 4 nitrogen and oxygen atoms in total. The molecule has 90 valence electrons. The second-order valence-corrected chi connectivity index (χ2v) is 4.25. The van der Waals surface area contributed by atoms with Gasteiger partial charge < -0.3 is 10.4 Å². The molecule has 0 saturated heterocycles. The van der Waals surface area contributed by atoms with Crippen LogP contribution in [0.4, 0.5) is 5.69 Å². The van der Waals surface area contributed by atoms with Crippen LogP contribution in [0, 0.1) is 6.92 Å². The number of phenols is 1. The van der Waals surface area contributed by atoms with Crippen LogP contribution < -0.4 is 5.32 Å². The van der Waals surface area contributed by atoms with Crippen LogP contribution in [-0.2, 0) is 7.05 Å². The highest BCUT2D eigenvalue weighted by molar-refractivity contribution is 5.51. The molecule has 0 amide bonds. The van der Waals surface area contributed by atoms with Gasteiger partial charge in [0.15, 0.2) is 0 Å². The van der Waals surface area contributed by atoms with Gasteiger partial charge in [0.2, 0.25) is 0 Å². The number of aromatic nitrogens is 2. The fraction of sp³-hybridized carbons (Fsp3) is 0.308. The summed E-state index contributed by atoms with van der Waals surface area (Å²) in [5, 5.41) is 17.0. The molecule has 0 radical (unpaired) electrons. The highest BCUT2D eigenvalue weighted by atomic mass is 16.3. The van der Waals surface area contributed by atoms with Gasteiger partial charge in [0.25, 0.3) is 0 Å². The lowest BCUT2D eigenvalue weighted by atomic mass is 10.1. The Bertz CT molecular complexity index is 519. The highest BCUT2D eigenvalue weighted by Crippen LogP contribution is 2.23. The van der Waals surface area contributed by atoms with Gasteiger partial charge in [0.05, 0.1) is 11.7 Å². The van der Waals surface area contributed by atoms with Gasteiger partial charge in [-0.3, -0.25) is 4.68 Å². The second kappa shape index (κ2) is 4.49. The maximum Gasteiger partial charge on any atom is 0.118 e. The van der Waals surface area contributed by atoms with E-state index in [1.54, 1.807) is 12.3 Å². The van der Waals surface area contributed by atoms with Gasteiger partial charge in [0.1, 0.15) is 5.75 Å². The summed E-state index contributed by atoms with van der Waals surface area (Å²) < 4.78 is 1.85. The van der Waals surface area contributed by atoms with Crippen molar-refractivity contribution >= 4 is 5.69 Å². The Balaban J connectivity index is 2.16. The molecule has 2 rings (SSSR count). The monoisotopic (exact) mass is 231 g/mol. The third-order valence-electron chi connectivity index (χ3n) is 2.88. The molecular weight excluding hydrogens is 214 g/mol. The molecule has 4 heteroatoms. The molecule has 0 fully saturated rings. The van der Waals surface area contributed by atoms with E-state index in [9.17, 15) is 5.11 Å². The minimum atomic E-state index is 0.173. The van der Waals surface area contributed by atoms with E-state index < -0.39 is 0 Å². The summed E-state index contributed by atoms with van der Waals surface area (Å²) in [6, 6.07) is 7.67. The van der Waals surface area contributed by atoms with Crippen LogP contribution in [-0.4, -0.2) is 14.9 Å². The van der Waals surface area contributed by atoms with Crippen molar-refractivity contribution in [3.05, 3.63) is 41.7 Å². The highest BCUT2D eigenvalue weighted by Gasteiger charge is 2.09. The van der Waals surface area contributed by atoms with E-state index in [4.69, 9.17) is 0 Å². The minimum absolute atomic E-state index is 0.173. The predicted octanol–water partition coefficient (Wildman–Crippen LogP) is 2.61. The van der Waals surface area contributed by atoms with Crippen molar-refractivity contribution in [2.45, 2.75) is 19.9 Å². The fourth-order valence-electron chi connectivity index (χ4n) is 1.88. The van der Waals surface area contributed by atoms with E-state index >= 15 is 0 Å². The zero-order valence-corrected chi connectivity index (χ0v) is 10.3. The lowest BCUT2D eigenvalue weighted by Crippen LogP contribution is -2.11. The standard InChI is InChI=1S/C13H17N3O/c1-9-8-11(4-5-13(9)17)15-10(2)12-6-7-14-16(12)3/h4-8,10,15,17H,1-3H3. The molecule has 1 unspecified atom stereocenters. The summed E-state index contributed by atoms with van der Waals surface area (Å²) in [6.07, 6.45) is 1.79. The Morgan fingerprint density at radius 2 is 2.12 bits per heavy atom. The number of rotatable bonds is 3. The third-order valence-corrected chi connectivity index (χ3v) is 2.88. The van der Waals surface area contributed by atoms with Crippen molar-refractivity contribution in [2.75, 3.05) is 5.32 Å². The Morgan fingerprint density at radius 3 is 2.71 bits per heavy atom. The molecule has 0 bridgehead atoms. The Labute approximate surface area is 101 Å². The molecule has 17 heavy (non-hydrogen) atoms. The van der Waals surface area contributed by atoms with Crippen LogP contribution in [0.3, 0.4) is 0 Å². The number of hydrogen-bond donors (Lipinski definition) is 2. The SMILES string of the molecule is Cc1cc(NC(C)c2ccnn2C)ccc1O. The molecule has 1 heterocycles. The van der Waals surface area contributed by atoms with E-state index in [2.05, 4.69) is 17.3 Å². The maximum atomic E-state index is 9.46. The van der Waals surface area contributed by atoms with Gasteiger partial charge >= 0.3 is 0 Å². The number of hydrogen-bond acceptors (Lipinski definition) is 3. The number of anilines is 1. The van der Waals surface area contributed by atoms with Crippen LogP contribution in [0.1, 0.15) is 24.2 Å². The smallest absolute Gasteiger partial charge is 0.118 e. The largest absolute Gasteiger partial charge is 0.508 e. The van der Waals surface area contributed by atoms with Crippen molar-refractivity contribution in [3.8, 4) is 5.75 Å². The van der Waals surface area contributed by atoms with Gasteiger partial charge in [0, 0.05) is 18.9 Å². The van der Waals surface area contributed by atoms with E-state index in [0.29, 0.717) is 5.75 Å². The molecule has 1 atom stereocenters. The molecule has 2 N–H and O–H groups in total. The van der Waals surface area contributed by atoms with Gasteiger partial charge in [-0.2, -0.15) is 5.10 Å². The quantitative estimate of drug-likeness (QED) is 0.798. The number of aromatic hydroxyl groups is 1. The van der Waals surface area contributed by atoms with E-state index in [0.717, 1.165) is 16.9 Å². The first kappa shape index (κ1) is 11.5. The number of phenolic OH excluding ortho intramolecular Hbond substituents is 1. The average Bonchev–Trinajstić information content (AvgIpc) is 2.70. The van der Waals surface area contributed by atoms with Crippen molar-refractivity contribution in [1.82, 2.24) is 9.78 Å². The zero-order chi connectivity index (χ0) is 12.4. The van der Waals surface area contributed by atoms with E-state index in [1.165, 1.54) is 0 Å². The molecule has 0 spiro atoms. The van der Waals surface area contributed by atoms with Crippen molar-refractivity contribution in [3.63, 3.8) is 0 Å². The normalized spacial score (nSPS) is 12.4. The number of nitrogens with zero attached hydrogens (tertiary/aromatic N) is 2. The van der Waals surface area contributed by atoms with Gasteiger partial charge in [-0.15, -0.1) is 0 Å². The molecule has 1 aromatic heterocycles. The molecule has 0 aliphatic carbocycles. The Morgan fingerprint density at radius 1 is 1.35 bits per heavy atom. The predicted molar refractivity (Wildman–Crippen MR) is 68.1 cm³/mol. The second-order valence-electron chi connectivity index (χ2n) is 4.25. The van der Waals surface area contributed by atoms with Gasteiger partial charge in [-0.1, -0.05) is 0 Å². The van der Waals surface area contributed by atoms with Crippen LogP contribution in [0.5, 0.6) is 5.75 Å². The van der Waals surface area contributed by atoms with Crippen molar-refractivity contribution in [2.24, 2.45) is 7.05 Å². The summed E-state index contributed by atoms with van der Waals surface area (Å²) in [4.78, 5) is 0. The molecule has 0 aliphatic rings. The third kappa shape index (κ3) is 2.41. The van der Waals surface area contributed by atoms with Crippen LogP contribution >= 0.6 is 0 Å². The van der Waals surface area contributed by atoms with E-state index in [1.807, 2.05) is 36.9 Å². The lowest BCUT2D eigenvalue weighted by molar-refractivity contribution is 0.471. The van der Waals surface area contributed by atoms with Gasteiger partial charge in [-0.05, 0) is 43.7 Å². The Hall–Kier alpha value is -1.97. The number of benzene rings is 1. The molecule has 0 saturated carbocycles. The zero-order valence-electron chi connectivity index (χ0n) is 10.3. The fourth-order valence-corrected chi connectivity index (χ4v) is 1.88. The summed E-state index contributed by atoms with van der Waals surface area (Å²) in [6.45, 7) is 3.97. The lowest BCUT2D eigenvalue weighted by Gasteiger charge is -2.16. The first-order valence-electron chi connectivity index (χ1n) is 5.62. The topological polar surface area (TPSA) is 50.1 Å². The summed E-state index contributed by atoms with van der Waals surface area (Å²) in [7, 11) is 1.93. The number of nitrogens with one attached hydrogen (secondary N) is 1. The van der Waals surface area contributed by atoms with Crippen LogP contribution in [0.15, 0.2) is 30.5 Å². The first-order valence-corrected chi connectivity index (χ1v) is 5.62. The van der Waals surface area contributed by atoms with Gasteiger partial charge in [-0.25, -0.2) is 0 Å².